The molecule has 6 rings (SSSR count). The first kappa shape index (κ1) is 22.4. The van der Waals surface area contributed by atoms with Crippen LogP contribution in [0.1, 0.15) is 32.8 Å². The Labute approximate surface area is 206 Å². The standard InChI is InChI=1S/C24H18F3N7OS/c25-24(26,27)12-33-11-16(9-32-33)22-29-10-19(36-22)23(35)34-6-5-17-20(31-13-30-17)21(34)18-7-14-3-1-2-4-15(14)8-28-18/h1-4,7-11,13,21H,5-6,12H2,(H,30,31)/t21-/m1/s1. The van der Waals surface area contributed by atoms with Crippen LogP contribution in [0.3, 0.4) is 0 Å². The largest absolute Gasteiger partial charge is 0.408 e. The van der Waals surface area contributed by atoms with Gasteiger partial charge < -0.3 is 9.88 Å². The Hall–Kier alpha value is -4.06. The number of hydrogen-bond acceptors (Lipinski definition) is 6. The van der Waals surface area contributed by atoms with Gasteiger partial charge in [-0.1, -0.05) is 24.3 Å². The van der Waals surface area contributed by atoms with Crippen LogP contribution in [0.4, 0.5) is 13.2 Å². The molecule has 0 spiro atoms. The van der Waals surface area contributed by atoms with Crippen molar-refractivity contribution in [3.8, 4) is 10.6 Å². The third-order valence-electron chi connectivity index (χ3n) is 6.06. The molecule has 1 N–H and O–H groups in total. The summed E-state index contributed by atoms with van der Waals surface area (Å²) in [6.45, 7) is -0.742. The maximum absolute atomic E-state index is 13.7. The van der Waals surface area contributed by atoms with Gasteiger partial charge in [0.25, 0.3) is 5.91 Å². The number of benzene rings is 1. The van der Waals surface area contributed by atoms with Gasteiger partial charge in [-0.25, -0.2) is 9.97 Å². The first-order valence-electron chi connectivity index (χ1n) is 11.1. The van der Waals surface area contributed by atoms with Gasteiger partial charge in [0.15, 0.2) is 0 Å². The molecule has 1 aliphatic heterocycles. The lowest BCUT2D eigenvalue weighted by Crippen LogP contribution is -2.40. The fourth-order valence-corrected chi connectivity index (χ4v) is 5.28. The Morgan fingerprint density at radius 1 is 1.11 bits per heavy atom. The number of hydrogen-bond donors (Lipinski definition) is 1. The van der Waals surface area contributed by atoms with Crippen molar-refractivity contribution in [3.63, 3.8) is 0 Å². The molecule has 36 heavy (non-hydrogen) atoms. The number of nitrogens with one attached hydrogen (secondary N) is 1. The zero-order valence-electron chi connectivity index (χ0n) is 18.6. The van der Waals surface area contributed by atoms with Gasteiger partial charge >= 0.3 is 6.18 Å². The molecule has 0 bridgehead atoms. The van der Waals surface area contributed by atoms with Crippen LogP contribution in [-0.2, 0) is 13.0 Å². The number of H-pyrrole nitrogens is 1. The Morgan fingerprint density at radius 3 is 2.78 bits per heavy atom. The van der Waals surface area contributed by atoms with E-state index in [1.165, 1.54) is 18.6 Å². The van der Waals surface area contributed by atoms with Crippen molar-refractivity contribution < 1.29 is 18.0 Å². The lowest BCUT2D eigenvalue weighted by atomic mass is 9.98. The minimum absolute atomic E-state index is 0.241. The Bertz CT molecular complexity index is 1570. The molecule has 1 atom stereocenters. The summed E-state index contributed by atoms with van der Waals surface area (Å²) in [4.78, 5) is 32.4. The van der Waals surface area contributed by atoms with Crippen molar-refractivity contribution in [3.05, 3.63) is 83.4 Å². The lowest BCUT2D eigenvalue weighted by Gasteiger charge is -2.34. The molecule has 0 saturated carbocycles. The molecular weight excluding hydrogens is 491 g/mol. The lowest BCUT2D eigenvalue weighted by molar-refractivity contribution is -0.142. The second kappa shape index (κ2) is 8.55. The van der Waals surface area contributed by atoms with Gasteiger partial charge in [0.1, 0.15) is 22.5 Å². The molecular formula is C24H18F3N7OS. The van der Waals surface area contributed by atoms with E-state index in [1.54, 1.807) is 17.4 Å². The van der Waals surface area contributed by atoms with E-state index in [2.05, 4.69) is 25.0 Å². The second-order valence-electron chi connectivity index (χ2n) is 8.45. The van der Waals surface area contributed by atoms with E-state index in [0.717, 1.165) is 38.2 Å². The summed E-state index contributed by atoms with van der Waals surface area (Å²) in [5, 5.41) is 6.19. The molecule has 0 fully saturated rings. The first-order chi connectivity index (χ1) is 17.4. The molecule has 1 amide bonds. The van der Waals surface area contributed by atoms with E-state index in [4.69, 9.17) is 0 Å². The fourth-order valence-electron chi connectivity index (χ4n) is 4.44. The number of halogens is 3. The van der Waals surface area contributed by atoms with Gasteiger partial charge in [0, 0.05) is 42.0 Å². The molecule has 1 aromatic carbocycles. The molecule has 4 aromatic heterocycles. The number of rotatable bonds is 4. The third kappa shape index (κ3) is 4.13. The van der Waals surface area contributed by atoms with Gasteiger partial charge in [-0.2, -0.15) is 18.3 Å². The summed E-state index contributed by atoms with van der Waals surface area (Å²) in [6, 6.07) is 9.35. The highest BCUT2D eigenvalue weighted by atomic mass is 32.1. The van der Waals surface area contributed by atoms with Crippen LogP contribution in [0.25, 0.3) is 21.3 Å². The smallest absolute Gasteiger partial charge is 0.348 e. The molecule has 5 heterocycles. The van der Waals surface area contributed by atoms with E-state index < -0.39 is 18.8 Å². The van der Waals surface area contributed by atoms with Crippen molar-refractivity contribution in [2.24, 2.45) is 0 Å². The number of carbonyl (C=O) groups is 1. The fraction of sp³-hybridized carbons (Fsp3) is 0.208. The number of thiazole rings is 1. The number of alkyl halides is 3. The number of imidazole rings is 1. The summed E-state index contributed by atoms with van der Waals surface area (Å²) in [7, 11) is 0. The first-order valence-corrected chi connectivity index (χ1v) is 11.9. The maximum atomic E-state index is 13.7. The predicted molar refractivity (Wildman–Crippen MR) is 126 cm³/mol. The summed E-state index contributed by atoms with van der Waals surface area (Å²) in [5.41, 5.74) is 2.83. The SMILES string of the molecule is O=C(c1cnc(-c2cnn(CC(F)(F)F)c2)s1)N1CCc2[nH]cnc2[C@H]1c1cc2ccccc2cn1. The number of amides is 1. The molecule has 1 aliphatic rings. The van der Waals surface area contributed by atoms with Crippen LogP contribution in [0, 0.1) is 0 Å². The summed E-state index contributed by atoms with van der Waals surface area (Å²) in [5.74, 6) is -0.241. The van der Waals surface area contributed by atoms with E-state index in [-0.39, 0.29) is 5.91 Å². The highest BCUT2D eigenvalue weighted by molar-refractivity contribution is 7.16. The van der Waals surface area contributed by atoms with Gasteiger partial charge in [-0.3, -0.25) is 14.5 Å². The normalized spacial score (nSPS) is 15.9. The van der Waals surface area contributed by atoms with Crippen LogP contribution in [-0.4, -0.2) is 53.2 Å². The van der Waals surface area contributed by atoms with E-state index in [0.29, 0.717) is 34.1 Å². The zero-order chi connectivity index (χ0) is 24.9. The number of aromatic amines is 1. The summed E-state index contributed by atoms with van der Waals surface area (Å²) >= 11 is 1.12. The van der Waals surface area contributed by atoms with Gasteiger partial charge in [0.2, 0.25) is 0 Å². The number of carbonyl (C=O) groups excluding carboxylic acids is 1. The van der Waals surface area contributed by atoms with Gasteiger partial charge in [-0.15, -0.1) is 11.3 Å². The van der Waals surface area contributed by atoms with Crippen molar-refractivity contribution in [2.45, 2.75) is 25.2 Å². The van der Waals surface area contributed by atoms with Crippen LogP contribution < -0.4 is 0 Å². The van der Waals surface area contributed by atoms with E-state index in [9.17, 15) is 18.0 Å². The molecule has 0 radical (unpaired) electrons. The average molecular weight is 510 g/mol. The van der Waals surface area contributed by atoms with Crippen molar-refractivity contribution in [1.82, 2.24) is 34.6 Å². The molecule has 0 saturated heterocycles. The highest BCUT2D eigenvalue weighted by Crippen LogP contribution is 2.36. The minimum atomic E-state index is -4.38. The molecule has 0 unspecified atom stereocenters. The molecule has 5 aromatic rings. The van der Waals surface area contributed by atoms with Crippen LogP contribution >= 0.6 is 11.3 Å². The van der Waals surface area contributed by atoms with Crippen molar-refractivity contribution in [1.29, 1.82) is 0 Å². The summed E-state index contributed by atoms with van der Waals surface area (Å²) in [6.07, 6.45) is 3.69. The maximum Gasteiger partial charge on any atom is 0.408 e. The number of pyridine rings is 1. The second-order valence-corrected chi connectivity index (χ2v) is 9.48. The quantitative estimate of drug-likeness (QED) is 0.382. The van der Waals surface area contributed by atoms with Gasteiger partial charge in [0.05, 0.1) is 30.1 Å². The van der Waals surface area contributed by atoms with E-state index >= 15 is 0 Å². The molecule has 0 aliphatic carbocycles. The van der Waals surface area contributed by atoms with Crippen LogP contribution in [0.2, 0.25) is 0 Å². The number of nitrogens with zero attached hydrogens (tertiary/aromatic N) is 6. The third-order valence-corrected chi connectivity index (χ3v) is 7.09. The van der Waals surface area contributed by atoms with Crippen molar-refractivity contribution >= 4 is 28.0 Å². The minimum Gasteiger partial charge on any atom is -0.348 e. The predicted octanol–water partition coefficient (Wildman–Crippen LogP) is 4.63. The topological polar surface area (TPSA) is 92.6 Å². The van der Waals surface area contributed by atoms with Crippen molar-refractivity contribution in [2.75, 3.05) is 6.54 Å². The molecule has 182 valence electrons. The average Bonchev–Trinajstić information content (AvgIpc) is 3.62. The molecule has 12 heteroatoms. The molecule has 8 nitrogen and oxygen atoms in total. The Kier molecular flexibility index (Phi) is 5.32. The zero-order valence-corrected chi connectivity index (χ0v) is 19.4. The highest BCUT2D eigenvalue weighted by Gasteiger charge is 2.36. The van der Waals surface area contributed by atoms with Crippen LogP contribution in [0.5, 0.6) is 0 Å². The van der Waals surface area contributed by atoms with Crippen LogP contribution in [0.15, 0.2) is 61.4 Å². The Balaban J connectivity index is 1.32. The van der Waals surface area contributed by atoms with Gasteiger partial charge in [-0.05, 0) is 11.5 Å². The van der Waals surface area contributed by atoms with E-state index in [1.807, 2.05) is 30.3 Å². The number of aromatic nitrogens is 6. The summed E-state index contributed by atoms with van der Waals surface area (Å²) < 4.78 is 38.8. The monoisotopic (exact) mass is 509 g/mol. The number of fused-ring (bicyclic) bond motifs is 2. The Morgan fingerprint density at radius 2 is 1.94 bits per heavy atom.